The molecule has 5 rings (SSSR count). The fourth-order valence-electron chi connectivity index (χ4n) is 4.86. The number of Topliss-reactive ketones (excluding diaryl/α,β-unsaturated/α-hetero) is 1. The van der Waals surface area contributed by atoms with Crippen molar-refractivity contribution in [3.05, 3.63) is 105 Å². The van der Waals surface area contributed by atoms with Gasteiger partial charge in [0.2, 0.25) is 5.43 Å². The van der Waals surface area contributed by atoms with Crippen LogP contribution in [0.5, 0.6) is 23.1 Å². The third-order valence-corrected chi connectivity index (χ3v) is 6.84. The Bertz CT molecular complexity index is 1960. The molecule has 0 aliphatic rings. The smallest absolute Gasteiger partial charge is 0.257 e. The predicted octanol–water partition coefficient (Wildman–Crippen LogP) is 6.09. The lowest BCUT2D eigenvalue weighted by Gasteiger charge is -2.15. The summed E-state index contributed by atoms with van der Waals surface area (Å²) in [6, 6.07) is 9.88. The molecule has 0 atom stereocenters. The molecule has 0 amide bonds. The number of fused-ring (bicyclic) bond motifs is 1. The van der Waals surface area contributed by atoms with Crippen LogP contribution in [-0.2, 0) is 17.8 Å². The number of H-pyrrole nitrogens is 1. The van der Waals surface area contributed by atoms with Crippen molar-refractivity contribution in [2.45, 2.75) is 20.0 Å². The molecule has 3 aromatic heterocycles. The third kappa shape index (κ3) is 5.84. The first-order valence-electron chi connectivity index (χ1n) is 13.2. The Hall–Kier alpha value is -5.23. The van der Waals surface area contributed by atoms with Crippen molar-refractivity contribution >= 4 is 16.8 Å². The van der Waals surface area contributed by atoms with E-state index in [-0.39, 0.29) is 64.0 Å². The van der Waals surface area contributed by atoms with Crippen LogP contribution < -0.4 is 19.6 Å². The van der Waals surface area contributed by atoms with Gasteiger partial charge in [0.1, 0.15) is 17.2 Å². The van der Waals surface area contributed by atoms with Gasteiger partial charge < -0.3 is 23.9 Å². The van der Waals surface area contributed by atoms with E-state index >= 15 is 4.39 Å². The molecule has 0 saturated heterocycles. The van der Waals surface area contributed by atoms with Gasteiger partial charge in [0.05, 0.1) is 43.2 Å². The molecule has 2 aromatic carbocycles. The number of carbonyl (C=O) groups is 1. The number of nitrogens with zero attached hydrogens (tertiary/aromatic N) is 2. The maximum atomic E-state index is 15.3. The molecule has 3 heterocycles. The van der Waals surface area contributed by atoms with Gasteiger partial charge in [-0.05, 0) is 36.8 Å². The van der Waals surface area contributed by atoms with Crippen LogP contribution in [0.25, 0.3) is 22.2 Å². The second-order valence-electron chi connectivity index (χ2n) is 9.71. The molecule has 9 nitrogen and oxygen atoms in total. The Balaban J connectivity index is 1.46. The van der Waals surface area contributed by atoms with Crippen LogP contribution in [0.15, 0.2) is 59.5 Å². The van der Waals surface area contributed by atoms with Crippen molar-refractivity contribution in [2.75, 3.05) is 21.3 Å². The van der Waals surface area contributed by atoms with E-state index in [1.807, 2.05) is 0 Å². The zero-order chi connectivity index (χ0) is 31.5. The molecule has 0 unspecified atom stereocenters. The Morgan fingerprint density at radius 2 is 1.70 bits per heavy atom. The average Bonchev–Trinajstić information content (AvgIpc) is 2.99. The number of hydrogen-bond donors (Lipinski definition) is 1. The van der Waals surface area contributed by atoms with Gasteiger partial charge in [-0.3, -0.25) is 14.6 Å². The van der Waals surface area contributed by atoms with Gasteiger partial charge in [-0.2, -0.15) is 0 Å². The standard InChI is InChI=1S/C32H26F3N3O6/c1-16-28(19-7-6-18(33)13-20(19)34)31(40)29(23(37-16)15-41-2)24(39)12-17-5-8-25(21(35)11-17)44-26-9-10-36-22-14-27(42-3)32(43-4)38-30(22)26/h5-11,13-14H,12,15H2,1-4H3,(H,37,40). The minimum atomic E-state index is -0.955. The lowest BCUT2D eigenvalue weighted by atomic mass is 9.95. The summed E-state index contributed by atoms with van der Waals surface area (Å²) in [6.07, 6.45) is 1.11. The summed E-state index contributed by atoms with van der Waals surface area (Å²) in [5, 5.41) is 0. The Morgan fingerprint density at radius 1 is 0.909 bits per heavy atom. The van der Waals surface area contributed by atoms with E-state index in [0.717, 1.165) is 18.2 Å². The van der Waals surface area contributed by atoms with E-state index in [0.29, 0.717) is 22.8 Å². The quantitative estimate of drug-likeness (QED) is 0.190. The van der Waals surface area contributed by atoms with Crippen molar-refractivity contribution in [3.63, 3.8) is 0 Å². The van der Waals surface area contributed by atoms with Gasteiger partial charge >= 0.3 is 0 Å². The van der Waals surface area contributed by atoms with E-state index in [4.69, 9.17) is 18.9 Å². The van der Waals surface area contributed by atoms with Gasteiger partial charge in [-0.15, -0.1) is 0 Å². The number of methoxy groups -OCH3 is 3. The number of rotatable bonds is 10. The SMILES string of the molecule is COCc1[nH]c(C)c(-c2ccc(F)cc2F)c(=O)c1C(=O)Cc1ccc(Oc2ccnc3cc(OC)c(OC)nc23)c(F)c1. The largest absolute Gasteiger partial charge is 0.491 e. The molecule has 0 aliphatic carbocycles. The summed E-state index contributed by atoms with van der Waals surface area (Å²) in [5.41, 5.74) is 0.129. The molecule has 0 spiro atoms. The van der Waals surface area contributed by atoms with Crippen molar-refractivity contribution in [3.8, 4) is 34.3 Å². The predicted molar refractivity (Wildman–Crippen MR) is 155 cm³/mol. The van der Waals surface area contributed by atoms with E-state index in [9.17, 15) is 18.4 Å². The van der Waals surface area contributed by atoms with Crippen LogP contribution >= 0.6 is 0 Å². The second-order valence-corrected chi connectivity index (χ2v) is 9.71. The maximum absolute atomic E-state index is 15.3. The second kappa shape index (κ2) is 12.6. The average molecular weight is 606 g/mol. The van der Waals surface area contributed by atoms with Gasteiger partial charge in [0.15, 0.2) is 28.8 Å². The summed E-state index contributed by atoms with van der Waals surface area (Å²) >= 11 is 0. The van der Waals surface area contributed by atoms with Gasteiger partial charge in [0, 0.05) is 49.2 Å². The first-order chi connectivity index (χ1) is 21.1. The highest BCUT2D eigenvalue weighted by Crippen LogP contribution is 2.35. The van der Waals surface area contributed by atoms with Crippen molar-refractivity contribution < 1.29 is 36.9 Å². The number of aromatic amines is 1. The highest BCUT2D eigenvalue weighted by atomic mass is 19.1. The van der Waals surface area contributed by atoms with Crippen LogP contribution in [0.4, 0.5) is 13.2 Å². The van der Waals surface area contributed by atoms with Gasteiger partial charge in [-0.25, -0.2) is 18.2 Å². The van der Waals surface area contributed by atoms with E-state index in [1.54, 1.807) is 6.07 Å². The number of halogens is 3. The highest BCUT2D eigenvalue weighted by molar-refractivity contribution is 5.99. The van der Waals surface area contributed by atoms with Crippen LogP contribution in [-0.4, -0.2) is 42.1 Å². The molecular weight excluding hydrogens is 579 g/mol. The molecule has 0 fully saturated rings. The number of benzene rings is 2. The van der Waals surface area contributed by atoms with Crippen LogP contribution in [0.2, 0.25) is 0 Å². The summed E-state index contributed by atoms with van der Waals surface area (Å²) in [6.45, 7) is 1.42. The number of aromatic nitrogens is 3. The molecular formula is C32H26F3N3O6. The number of hydrogen-bond acceptors (Lipinski definition) is 8. The molecule has 0 aliphatic heterocycles. The first kappa shape index (κ1) is 30.2. The topological polar surface area (TPSA) is 113 Å². The monoisotopic (exact) mass is 605 g/mol. The summed E-state index contributed by atoms with van der Waals surface area (Å²) < 4.78 is 64.9. The zero-order valence-corrected chi connectivity index (χ0v) is 24.1. The molecule has 12 heteroatoms. The minimum absolute atomic E-state index is 0.116. The van der Waals surface area contributed by atoms with Crippen molar-refractivity contribution in [2.24, 2.45) is 0 Å². The fourth-order valence-corrected chi connectivity index (χ4v) is 4.86. The van der Waals surface area contributed by atoms with E-state index in [1.165, 1.54) is 52.6 Å². The third-order valence-electron chi connectivity index (χ3n) is 6.84. The lowest BCUT2D eigenvalue weighted by Crippen LogP contribution is -2.24. The summed E-state index contributed by atoms with van der Waals surface area (Å²) in [5.74, 6) is -2.58. The maximum Gasteiger partial charge on any atom is 0.257 e. The summed E-state index contributed by atoms with van der Waals surface area (Å²) in [4.78, 5) is 38.6. The van der Waals surface area contributed by atoms with Crippen LogP contribution in [0.3, 0.4) is 0 Å². The Morgan fingerprint density at radius 3 is 2.39 bits per heavy atom. The first-order valence-corrected chi connectivity index (χ1v) is 13.2. The van der Waals surface area contributed by atoms with Crippen LogP contribution in [0, 0.1) is 24.4 Å². The number of aryl methyl sites for hydroxylation is 1. The lowest BCUT2D eigenvalue weighted by molar-refractivity contribution is 0.0985. The normalized spacial score (nSPS) is 11.1. The van der Waals surface area contributed by atoms with Crippen LogP contribution in [0.1, 0.15) is 27.3 Å². The summed E-state index contributed by atoms with van der Waals surface area (Å²) in [7, 11) is 4.28. The number of pyridine rings is 3. The number of ketones is 1. The van der Waals surface area contributed by atoms with Crippen molar-refractivity contribution in [1.82, 2.24) is 15.0 Å². The fraction of sp³-hybridized carbons (Fsp3) is 0.188. The van der Waals surface area contributed by atoms with E-state index in [2.05, 4.69) is 15.0 Å². The van der Waals surface area contributed by atoms with Gasteiger partial charge in [0.25, 0.3) is 5.88 Å². The zero-order valence-electron chi connectivity index (χ0n) is 24.1. The molecule has 0 saturated carbocycles. The molecule has 44 heavy (non-hydrogen) atoms. The highest BCUT2D eigenvalue weighted by Gasteiger charge is 2.24. The molecule has 226 valence electrons. The molecule has 1 N–H and O–H groups in total. The molecule has 0 radical (unpaired) electrons. The molecule has 0 bridgehead atoms. The minimum Gasteiger partial charge on any atom is -0.491 e. The number of ether oxygens (including phenoxy) is 4. The van der Waals surface area contributed by atoms with Crippen molar-refractivity contribution in [1.29, 1.82) is 0 Å². The van der Waals surface area contributed by atoms with Gasteiger partial charge in [-0.1, -0.05) is 6.07 Å². The van der Waals surface area contributed by atoms with E-state index < -0.39 is 28.7 Å². The Kier molecular flexibility index (Phi) is 8.63. The number of nitrogens with one attached hydrogen (secondary N) is 1. The Labute approximate surface area is 249 Å². The molecule has 5 aromatic rings. The number of carbonyl (C=O) groups excluding carboxylic acids is 1.